The normalized spacial score (nSPS) is 12.5. The second-order valence-corrected chi connectivity index (χ2v) is 4.81. The first-order valence-corrected chi connectivity index (χ1v) is 6.49. The molecule has 0 aliphatic rings. The van der Waals surface area contributed by atoms with E-state index in [2.05, 4.69) is 4.98 Å². The van der Waals surface area contributed by atoms with Gasteiger partial charge in [-0.2, -0.15) is 0 Å². The second-order valence-electron chi connectivity index (χ2n) is 4.81. The predicted octanol–water partition coefficient (Wildman–Crippen LogP) is 1.95. The molecule has 1 unspecified atom stereocenters. The van der Waals surface area contributed by atoms with Gasteiger partial charge in [-0.15, -0.1) is 0 Å². The van der Waals surface area contributed by atoms with Gasteiger partial charge in [-0.3, -0.25) is 9.78 Å². The summed E-state index contributed by atoms with van der Waals surface area (Å²) in [4.78, 5) is 18.3. The van der Waals surface area contributed by atoms with E-state index in [-0.39, 0.29) is 18.0 Å². The van der Waals surface area contributed by atoms with Crippen molar-refractivity contribution < 1.29 is 4.79 Å². The molecular weight excluding hydrogens is 226 g/mol. The minimum atomic E-state index is -0.0533. The Hall–Kier alpha value is -1.42. The molecule has 0 aliphatic carbocycles. The monoisotopic (exact) mass is 249 g/mol. The van der Waals surface area contributed by atoms with Gasteiger partial charge in [0.25, 0.3) is 0 Å². The van der Waals surface area contributed by atoms with Gasteiger partial charge in [-0.05, 0) is 32.4 Å². The minimum Gasteiger partial charge on any atom is -0.334 e. The number of rotatable bonds is 6. The number of aromatic nitrogens is 1. The fourth-order valence-corrected chi connectivity index (χ4v) is 1.71. The number of hydrogen-bond acceptors (Lipinski definition) is 3. The SMILES string of the molecule is CCC(N)CC(=O)N(Cc1ccccn1)C(C)C. The number of amides is 1. The molecule has 0 spiro atoms. The van der Waals surface area contributed by atoms with Crippen LogP contribution < -0.4 is 5.73 Å². The lowest BCUT2D eigenvalue weighted by Crippen LogP contribution is -2.39. The average Bonchev–Trinajstić information content (AvgIpc) is 2.36. The molecule has 1 atom stereocenters. The first-order chi connectivity index (χ1) is 8.54. The number of carbonyl (C=O) groups excluding carboxylic acids is 1. The Bertz CT molecular complexity index is 365. The Morgan fingerprint density at radius 1 is 1.44 bits per heavy atom. The summed E-state index contributed by atoms with van der Waals surface area (Å²) in [5, 5.41) is 0. The molecule has 1 rings (SSSR count). The van der Waals surface area contributed by atoms with Crippen LogP contribution in [0.4, 0.5) is 0 Å². The summed E-state index contributed by atoms with van der Waals surface area (Å²) in [6.07, 6.45) is 2.97. The van der Waals surface area contributed by atoms with Crippen LogP contribution in [0.3, 0.4) is 0 Å². The predicted molar refractivity (Wildman–Crippen MR) is 72.8 cm³/mol. The van der Waals surface area contributed by atoms with E-state index in [4.69, 9.17) is 5.73 Å². The highest BCUT2D eigenvalue weighted by molar-refractivity contribution is 5.77. The fourth-order valence-electron chi connectivity index (χ4n) is 1.71. The van der Waals surface area contributed by atoms with E-state index in [9.17, 15) is 4.79 Å². The highest BCUT2D eigenvalue weighted by Crippen LogP contribution is 2.09. The third kappa shape index (κ3) is 4.45. The molecule has 0 fully saturated rings. The molecule has 4 heteroatoms. The topological polar surface area (TPSA) is 59.2 Å². The van der Waals surface area contributed by atoms with Crippen molar-refractivity contribution in [2.75, 3.05) is 0 Å². The maximum absolute atomic E-state index is 12.2. The number of pyridine rings is 1. The highest BCUT2D eigenvalue weighted by atomic mass is 16.2. The van der Waals surface area contributed by atoms with Gasteiger partial charge in [0.15, 0.2) is 0 Å². The number of carbonyl (C=O) groups is 1. The van der Waals surface area contributed by atoms with E-state index < -0.39 is 0 Å². The molecule has 0 saturated carbocycles. The molecule has 2 N–H and O–H groups in total. The summed E-state index contributed by atoms with van der Waals surface area (Å²) in [5.74, 6) is 0.102. The maximum Gasteiger partial charge on any atom is 0.224 e. The van der Waals surface area contributed by atoms with Crippen LogP contribution in [0.1, 0.15) is 39.3 Å². The van der Waals surface area contributed by atoms with Crippen LogP contribution in [0.2, 0.25) is 0 Å². The lowest BCUT2D eigenvalue weighted by Gasteiger charge is -2.27. The number of hydrogen-bond donors (Lipinski definition) is 1. The van der Waals surface area contributed by atoms with Crippen molar-refractivity contribution in [3.8, 4) is 0 Å². The van der Waals surface area contributed by atoms with Crippen molar-refractivity contribution in [1.29, 1.82) is 0 Å². The summed E-state index contributed by atoms with van der Waals surface area (Å²) < 4.78 is 0. The molecule has 1 amide bonds. The molecule has 1 aromatic rings. The first-order valence-electron chi connectivity index (χ1n) is 6.49. The lowest BCUT2D eigenvalue weighted by atomic mass is 10.1. The smallest absolute Gasteiger partial charge is 0.224 e. The van der Waals surface area contributed by atoms with Crippen molar-refractivity contribution >= 4 is 5.91 Å². The van der Waals surface area contributed by atoms with Crippen LogP contribution >= 0.6 is 0 Å². The zero-order chi connectivity index (χ0) is 13.5. The minimum absolute atomic E-state index is 0.0533. The van der Waals surface area contributed by atoms with Gasteiger partial charge in [0, 0.05) is 24.7 Å². The molecule has 1 aromatic heterocycles. The van der Waals surface area contributed by atoms with Gasteiger partial charge in [0.05, 0.1) is 12.2 Å². The largest absolute Gasteiger partial charge is 0.334 e. The Morgan fingerprint density at radius 2 is 2.17 bits per heavy atom. The van der Waals surface area contributed by atoms with Gasteiger partial charge in [0.2, 0.25) is 5.91 Å². The van der Waals surface area contributed by atoms with Gasteiger partial charge in [-0.25, -0.2) is 0 Å². The van der Waals surface area contributed by atoms with Gasteiger partial charge >= 0.3 is 0 Å². The molecule has 0 radical (unpaired) electrons. The zero-order valence-electron chi connectivity index (χ0n) is 11.5. The molecule has 0 saturated heterocycles. The van der Waals surface area contributed by atoms with E-state index >= 15 is 0 Å². The number of nitrogens with two attached hydrogens (primary N) is 1. The first kappa shape index (κ1) is 14.6. The van der Waals surface area contributed by atoms with Crippen LogP contribution in [0.15, 0.2) is 24.4 Å². The Balaban J connectivity index is 2.68. The van der Waals surface area contributed by atoms with Crippen molar-refractivity contribution in [1.82, 2.24) is 9.88 Å². The van der Waals surface area contributed by atoms with Crippen LogP contribution in [-0.4, -0.2) is 27.9 Å². The molecule has 0 bridgehead atoms. The quantitative estimate of drug-likeness (QED) is 0.838. The van der Waals surface area contributed by atoms with Gasteiger partial charge in [0.1, 0.15) is 0 Å². The summed E-state index contributed by atoms with van der Waals surface area (Å²) in [7, 11) is 0. The molecule has 0 aliphatic heterocycles. The fraction of sp³-hybridized carbons (Fsp3) is 0.571. The number of nitrogens with zero attached hydrogens (tertiary/aromatic N) is 2. The molecule has 1 heterocycles. The summed E-state index contributed by atoms with van der Waals surface area (Å²) in [6.45, 7) is 6.57. The van der Waals surface area contributed by atoms with Gasteiger partial charge < -0.3 is 10.6 Å². The summed E-state index contributed by atoms with van der Waals surface area (Å²) in [6, 6.07) is 5.84. The average molecular weight is 249 g/mol. The van der Waals surface area contributed by atoms with Crippen molar-refractivity contribution in [2.24, 2.45) is 5.73 Å². The van der Waals surface area contributed by atoms with Crippen LogP contribution in [0, 0.1) is 0 Å². The summed E-state index contributed by atoms with van der Waals surface area (Å²) >= 11 is 0. The third-order valence-electron chi connectivity index (χ3n) is 2.96. The lowest BCUT2D eigenvalue weighted by molar-refractivity contribution is -0.134. The Morgan fingerprint density at radius 3 is 2.67 bits per heavy atom. The molecule has 100 valence electrons. The highest BCUT2D eigenvalue weighted by Gasteiger charge is 2.19. The van der Waals surface area contributed by atoms with Crippen LogP contribution in [-0.2, 0) is 11.3 Å². The van der Waals surface area contributed by atoms with Gasteiger partial charge in [-0.1, -0.05) is 13.0 Å². The Kier molecular flexibility index (Phi) is 5.78. The van der Waals surface area contributed by atoms with Crippen molar-refractivity contribution in [3.63, 3.8) is 0 Å². The van der Waals surface area contributed by atoms with E-state index in [1.165, 1.54) is 0 Å². The second kappa shape index (κ2) is 7.11. The molecule has 18 heavy (non-hydrogen) atoms. The van der Waals surface area contributed by atoms with E-state index in [0.717, 1.165) is 12.1 Å². The maximum atomic E-state index is 12.2. The van der Waals surface area contributed by atoms with E-state index in [1.54, 1.807) is 6.20 Å². The van der Waals surface area contributed by atoms with Crippen LogP contribution in [0.25, 0.3) is 0 Å². The third-order valence-corrected chi connectivity index (χ3v) is 2.96. The molecular formula is C14H23N3O. The van der Waals surface area contributed by atoms with E-state index in [1.807, 2.05) is 43.9 Å². The summed E-state index contributed by atoms with van der Waals surface area (Å²) in [5.41, 5.74) is 6.75. The molecule has 4 nitrogen and oxygen atoms in total. The van der Waals surface area contributed by atoms with Crippen molar-refractivity contribution in [3.05, 3.63) is 30.1 Å². The van der Waals surface area contributed by atoms with Crippen molar-refractivity contribution in [2.45, 2.75) is 52.2 Å². The molecule has 0 aromatic carbocycles. The van der Waals surface area contributed by atoms with E-state index in [0.29, 0.717) is 13.0 Å². The zero-order valence-corrected chi connectivity index (χ0v) is 11.5. The Labute approximate surface area is 109 Å². The standard InChI is InChI=1S/C14H23N3O/c1-4-12(15)9-14(18)17(11(2)3)10-13-7-5-6-8-16-13/h5-8,11-12H,4,9-10,15H2,1-3H3. The van der Waals surface area contributed by atoms with Crippen LogP contribution in [0.5, 0.6) is 0 Å².